The van der Waals surface area contributed by atoms with Crippen molar-refractivity contribution >= 4 is 33.4 Å². The highest BCUT2D eigenvalue weighted by Crippen LogP contribution is 2.27. The zero-order valence-electron chi connectivity index (χ0n) is 16.3. The lowest BCUT2D eigenvalue weighted by Gasteiger charge is -2.08. The molecule has 28 heavy (non-hydrogen) atoms. The maximum Gasteiger partial charge on any atom is 0.326 e. The molecule has 0 fully saturated rings. The molecule has 6 nitrogen and oxygen atoms in total. The summed E-state index contributed by atoms with van der Waals surface area (Å²) in [4.78, 5) is 29.8. The van der Waals surface area contributed by atoms with E-state index in [-0.39, 0.29) is 19.1 Å². The zero-order chi connectivity index (χ0) is 20.3. The van der Waals surface area contributed by atoms with Crippen molar-refractivity contribution in [1.82, 2.24) is 4.57 Å². The maximum absolute atomic E-state index is 12.9. The number of esters is 1. The smallest absolute Gasteiger partial charge is 0.326 e. The first-order valence-corrected chi connectivity index (χ1v) is 9.74. The first kappa shape index (κ1) is 19.8. The second kappa shape index (κ2) is 8.39. The molecular weight excluding hydrogens is 376 g/mol. The number of aromatic nitrogens is 1. The lowest BCUT2D eigenvalue weighted by atomic mass is 10.1. The van der Waals surface area contributed by atoms with Crippen molar-refractivity contribution in [3.05, 3.63) is 57.9 Å². The predicted octanol–water partition coefficient (Wildman–Crippen LogP) is 3.63. The number of hydrogen-bond donors (Lipinski definition) is 0. The Morgan fingerprint density at radius 3 is 2.68 bits per heavy atom. The number of amides is 1. The van der Waals surface area contributed by atoms with Crippen LogP contribution in [0.15, 0.2) is 41.4 Å². The summed E-state index contributed by atoms with van der Waals surface area (Å²) >= 11 is 1.33. The van der Waals surface area contributed by atoms with Crippen LogP contribution in [0.4, 0.5) is 0 Å². The molecular formula is C21H22N2O4S. The number of carbonyl (C=O) groups excluding carboxylic acids is 2. The zero-order valence-corrected chi connectivity index (χ0v) is 17.1. The third-order valence-electron chi connectivity index (χ3n) is 4.30. The van der Waals surface area contributed by atoms with Gasteiger partial charge in [-0.1, -0.05) is 35.1 Å². The van der Waals surface area contributed by atoms with Crippen LogP contribution >= 0.6 is 11.3 Å². The lowest BCUT2D eigenvalue weighted by Crippen LogP contribution is -2.23. The topological polar surface area (TPSA) is 69.9 Å². The van der Waals surface area contributed by atoms with Crippen LogP contribution in [0.5, 0.6) is 5.75 Å². The number of benzene rings is 2. The minimum absolute atomic E-state index is 0.0485. The molecule has 146 valence electrons. The average Bonchev–Trinajstić information content (AvgIpc) is 3.01. The van der Waals surface area contributed by atoms with E-state index in [1.807, 2.05) is 50.2 Å². The van der Waals surface area contributed by atoms with Gasteiger partial charge in [0.05, 0.1) is 18.4 Å². The van der Waals surface area contributed by atoms with Gasteiger partial charge in [0, 0.05) is 5.56 Å². The van der Waals surface area contributed by atoms with Crippen molar-refractivity contribution in [1.29, 1.82) is 0 Å². The highest BCUT2D eigenvalue weighted by Gasteiger charge is 2.16. The fourth-order valence-electron chi connectivity index (χ4n) is 2.94. The van der Waals surface area contributed by atoms with Crippen molar-refractivity contribution < 1.29 is 19.1 Å². The summed E-state index contributed by atoms with van der Waals surface area (Å²) in [5.74, 6) is -0.128. The van der Waals surface area contributed by atoms with Crippen LogP contribution in [0.2, 0.25) is 0 Å². The summed E-state index contributed by atoms with van der Waals surface area (Å²) in [6.07, 6.45) is 0. The van der Waals surface area contributed by atoms with Gasteiger partial charge < -0.3 is 14.0 Å². The predicted molar refractivity (Wildman–Crippen MR) is 109 cm³/mol. The number of para-hydroxylation sites is 1. The van der Waals surface area contributed by atoms with Crippen molar-refractivity contribution in [3.8, 4) is 5.75 Å². The van der Waals surface area contributed by atoms with Crippen LogP contribution in [0, 0.1) is 13.8 Å². The molecule has 7 heteroatoms. The highest BCUT2D eigenvalue weighted by molar-refractivity contribution is 7.16. The molecule has 3 aromatic rings. The SMILES string of the molecule is CCOC(=O)Cn1c(=NC(=O)c2cc(C)ccc2C)sc2cccc(OC)c21. The average molecular weight is 398 g/mol. The van der Waals surface area contributed by atoms with Gasteiger partial charge in [0.25, 0.3) is 5.91 Å². The number of nitrogens with zero attached hydrogens (tertiary/aromatic N) is 2. The molecule has 0 unspecified atom stereocenters. The van der Waals surface area contributed by atoms with Gasteiger partial charge in [0.2, 0.25) is 0 Å². The number of fused-ring (bicyclic) bond motifs is 1. The lowest BCUT2D eigenvalue weighted by molar-refractivity contribution is -0.143. The maximum atomic E-state index is 12.9. The van der Waals surface area contributed by atoms with Gasteiger partial charge in [-0.15, -0.1) is 0 Å². The second-order valence-corrected chi connectivity index (χ2v) is 7.33. The molecule has 0 saturated heterocycles. The van der Waals surface area contributed by atoms with Crippen LogP contribution in [-0.4, -0.2) is 30.2 Å². The molecule has 0 spiro atoms. The third kappa shape index (κ3) is 3.99. The van der Waals surface area contributed by atoms with Crippen LogP contribution in [0.3, 0.4) is 0 Å². The van der Waals surface area contributed by atoms with E-state index in [2.05, 4.69) is 4.99 Å². The van der Waals surface area contributed by atoms with Crippen LogP contribution in [-0.2, 0) is 16.1 Å². The Bertz CT molecular complexity index is 1110. The van der Waals surface area contributed by atoms with Crippen molar-refractivity contribution in [3.63, 3.8) is 0 Å². The van der Waals surface area contributed by atoms with Crippen molar-refractivity contribution in [2.75, 3.05) is 13.7 Å². The first-order chi connectivity index (χ1) is 13.4. The van der Waals surface area contributed by atoms with Crippen molar-refractivity contribution in [2.24, 2.45) is 4.99 Å². The number of aryl methyl sites for hydroxylation is 2. The molecule has 1 aromatic heterocycles. The van der Waals surface area contributed by atoms with E-state index in [1.165, 1.54) is 11.3 Å². The normalized spacial score (nSPS) is 11.6. The molecule has 0 atom stereocenters. The highest BCUT2D eigenvalue weighted by atomic mass is 32.1. The minimum atomic E-state index is -0.395. The molecule has 1 heterocycles. The fraction of sp³-hybridized carbons (Fsp3) is 0.286. The Morgan fingerprint density at radius 2 is 1.96 bits per heavy atom. The van der Waals surface area contributed by atoms with Crippen LogP contribution in [0.25, 0.3) is 10.2 Å². The van der Waals surface area contributed by atoms with E-state index in [1.54, 1.807) is 18.6 Å². The molecule has 0 aliphatic rings. The van der Waals surface area contributed by atoms with E-state index < -0.39 is 5.97 Å². The molecule has 0 radical (unpaired) electrons. The number of hydrogen-bond acceptors (Lipinski definition) is 5. The molecule has 0 aliphatic carbocycles. The molecule has 0 saturated carbocycles. The van der Waals surface area contributed by atoms with Gasteiger partial charge in [0.15, 0.2) is 4.80 Å². The number of ether oxygens (including phenoxy) is 2. The summed E-state index contributed by atoms with van der Waals surface area (Å²) in [6.45, 7) is 5.80. The van der Waals surface area contributed by atoms with E-state index in [0.29, 0.717) is 16.1 Å². The number of rotatable bonds is 5. The molecule has 2 aromatic carbocycles. The van der Waals surface area contributed by atoms with Gasteiger partial charge in [-0.05, 0) is 44.5 Å². The number of thiazole rings is 1. The monoisotopic (exact) mass is 398 g/mol. The first-order valence-electron chi connectivity index (χ1n) is 8.93. The Hall–Kier alpha value is -2.93. The summed E-state index contributed by atoms with van der Waals surface area (Å²) in [5.41, 5.74) is 3.11. The molecule has 1 amide bonds. The molecule has 0 aliphatic heterocycles. The summed E-state index contributed by atoms with van der Waals surface area (Å²) in [5, 5.41) is 0. The number of carbonyl (C=O) groups is 2. The van der Waals surface area contributed by atoms with Crippen molar-refractivity contribution in [2.45, 2.75) is 27.3 Å². The fourth-order valence-corrected chi connectivity index (χ4v) is 3.99. The van der Waals surface area contributed by atoms with E-state index in [0.717, 1.165) is 21.3 Å². The molecule has 0 N–H and O–H groups in total. The van der Waals surface area contributed by atoms with Gasteiger partial charge in [-0.3, -0.25) is 9.59 Å². The second-order valence-electron chi connectivity index (χ2n) is 6.32. The minimum Gasteiger partial charge on any atom is -0.495 e. The summed E-state index contributed by atoms with van der Waals surface area (Å²) in [6, 6.07) is 11.3. The van der Waals surface area contributed by atoms with E-state index >= 15 is 0 Å². The Morgan fingerprint density at radius 1 is 1.18 bits per heavy atom. The van der Waals surface area contributed by atoms with Crippen LogP contribution < -0.4 is 9.54 Å². The van der Waals surface area contributed by atoms with Gasteiger partial charge in [-0.2, -0.15) is 4.99 Å². The Labute approximate surface area is 167 Å². The number of methoxy groups -OCH3 is 1. The summed E-state index contributed by atoms with van der Waals surface area (Å²) < 4.78 is 13.1. The van der Waals surface area contributed by atoms with Gasteiger partial charge >= 0.3 is 5.97 Å². The summed E-state index contributed by atoms with van der Waals surface area (Å²) in [7, 11) is 1.57. The van der Waals surface area contributed by atoms with E-state index in [9.17, 15) is 9.59 Å². The molecule has 0 bridgehead atoms. The Balaban J connectivity index is 2.19. The van der Waals surface area contributed by atoms with Gasteiger partial charge in [-0.25, -0.2) is 0 Å². The van der Waals surface area contributed by atoms with E-state index in [4.69, 9.17) is 9.47 Å². The largest absolute Gasteiger partial charge is 0.495 e. The Kier molecular flexibility index (Phi) is 5.94. The van der Waals surface area contributed by atoms with Crippen LogP contribution in [0.1, 0.15) is 28.4 Å². The third-order valence-corrected chi connectivity index (χ3v) is 5.34. The quantitative estimate of drug-likeness (QED) is 0.616. The standard InChI is InChI=1S/C21H22N2O4S/c1-5-27-18(24)12-23-19-16(26-4)7-6-8-17(19)28-21(23)22-20(25)15-11-13(2)9-10-14(15)3/h6-11H,5,12H2,1-4H3. The molecule has 3 rings (SSSR count). The van der Waals surface area contributed by atoms with Gasteiger partial charge in [0.1, 0.15) is 17.8 Å².